The van der Waals surface area contributed by atoms with Crippen molar-refractivity contribution in [2.24, 2.45) is 5.73 Å². The van der Waals surface area contributed by atoms with E-state index in [0.29, 0.717) is 6.04 Å². The first-order chi connectivity index (χ1) is 7.85. The van der Waals surface area contributed by atoms with Gasteiger partial charge in [-0.15, -0.1) is 11.8 Å². The molecule has 0 unspecified atom stereocenters. The molecule has 1 aromatic heterocycles. The molecule has 16 heavy (non-hydrogen) atoms. The highest BCUT2D eigenvalue weighted by Gasteiger charge is 2.29. The quantitative estimate of drug-likeness (QED) is 0.601. The number of nitrogens with zero attached hydrogens (tertiary/aromatic N) is 3. The third kappa shape index (κ3) is 2.86. The van der Waals surface area contributed by atoms with Gasteiger partial charge in [0.05, 0.1) is 0 Å². The Balaban J connectivity index is 2.10. The Hall–Kier alpha value is -0.810. The van der Waals surface area contributed by atoms with E-state index in [9.17, 15) is 0 Å². The molecule has 88 valence electrons. The van der Waals surface area contributed by atoms with Gasteiger partial charge >= 0.3 is 0 Å². The first-order valence-corrected chi connectivity index (χ1v) is 6.90. The number of aromatic nitrogens is 2. The first-order valence-electron chi connectivity index (χ1n) is 5.68. The van der Waals surface area contributed by atoms with E-state index in [1.165, 1.54) is 12.8 Å². The Labute approximate surface area is 101 Å². The molecule has 1 heterocycles. The Morgan fingerprint density at radius 2 is 2.31 bits per heavy atom. The minimum atomic E-state index is 0.677. The summed E-state index contributed by atoms with van der Waals surface area (Å²) in [4.78, 5) is 10.9. The van der Waals surface area contributed by atoms with E-state index in [-0.39, 0.29) is 0 Å². The fourth-order valence-corrected chi connectivity index (χ4v) is 2.11. The Morgan fingerprint density at radius 3 is 2.94 bits per heavy atom. The Bertz CT molecular complexity index is 341. The molecule has 0 atom stereocenters. The van der Waals surface area contributed by atoms with Gasteiger partial charge in [-0.25, -0.2) is 9.97 Å². The van der Waals surface area contributed by atoms with Crippen LogP contribution >= 0.6 is 11.8 Å². The third-order valence-corrected chi connectivity index (χ3v) is 3.36. The lowest BCUT2D eigenvalue weighted by molar-refractivity contribution is 0.718. The molecule has 1 fully saturated rings. The van der Waals surface area contributed by atoms with Gasteiger partial charge in [0.2, 0.25) is 0 Å². The van der Waals surface area contributed by atoms with Crippen molar-refractivity contribution < 1.29 is 0 Å². The van der Waals surface area contributed by atoms with Crippen LogP contribution in [0, 0.1) is 0 Å². The van der Waals surface area contributed by atoms with Crippen molar-refractivity contribution in [3.8, 4) is 0 Å². The SMILES string of the molecule is CSc1cc(N(CCCN)C2CC2)ncn1. The van der Waals surface area contributed by atoms with Crippen LogP contribution in [0.1, 0.15) is 19.3 Å². The summed E-state index contributed by atoms with van der Waals surface area (Å²) in [5.41, 5.74) is 5.57. The summed E-state index contributed by atoms with van der Waals surface area (Å²) in [5.74, 6) is 1.05. The van der Waals surface area contributed by atoms with Gasteiger partial charge in [0.25, 0.3) is 0 Å². The summed E-state index contributed by atoms with van der Waals surface area (Å²) in [6, 6.07) is 2.75. The lowest BCUT2D eigenvalue weighted by Crippen LogP contribution is -2.29. The molecule has 0 aliphatic heterocycles. The zero-order valence-electron chi connectivity index (χ0n) is 9.59. The standard InChI is InChI=1S/C11H18N4S/c1-16-11-7-10(13-8-14-11)15(6-2-5-12)9-3-4-9/h7-9H,2-6,12H2,1H3. The number of thioether (sulfide) groups is 1. The molecule has 0 bridgehead atoms. The molecular formula is C11H18N4S. The molecule has 0 saturated heterocycles. The van der Waals surface area contributed by atoms with Gasteiger partial charge < -0.3 is 10.6 Å². The third-order valence-electron chi connectivity index (χ3n) is 2.72. The molecule has 0 radical (unpaired) electrons. The zero-order valence-corrected chi connectivity index (χ0v) is 10.4. The van der Waals surface area contributed by atoms with Crippen LogP contribution in [0.25, 0.3) is 0 Å². The molecule has 1 saturated carbocycles. The Morgan fingerprint density at radius 1 is 1.50 bits per heavy atom. The van der Waals surface area contributed by atoms with Gasteiger partial charge in [0.15, 0.2) is 0 Å². The number of rotatable bonds is 6. The maximum Gasteiger partial charge on any atom is 0.133 e. The van der Waals surface area contributed by atoms with E-state index in [1.54, 1.807) is 18.1 Å². The number of anilines is 1. The van der Waals surface area contributed by atoms with Crippen LogP contribution in [0.5, 0.6) is 0 Å². The van der Waals surface area contributed by atoms with Crippen molar-refractivity contribution in [1.29, 1.82) is 0 Å². The molecule has 0 spiro atoms. The largest absolute Gasteiger partial charge is 0.353 e. The van der Waals surface area contributed by atoms with Gasteiger partial charge in [-0.1, -0.05) is 0 Å². The van der Waals surface area contributed by atoms with Crippen LogP contribution in [0.2, 0.25) is 0 Å². The van der Waals surface area contributed by atoms with Crippen LogP contribution < -0.4 is 10.6 Å². The van der Waals surface area contributed by atoms with E-state index in [2.05, 4.69) is 20.9 Å². The molecule has 4 nitrogen and oxygen atoms in total. The van der Waals surface area contributed by atoms with E-state index < -0.39 is 0 Å². The minimum Gasteiger partial charge on any atom is -0.353 e. The van der Waals surface area contributed by atoms with Gasteiger partial charge in [0, 0.05) is 18.7 Å². The van der Waals surface area contributed by atoms with E-state index in [0.717, 1.165) is 30.4 Å². The van der Waals surface area contributed by atoms with Crippen molar-refractivity contribution in [2.45, 2.75) is 30.3 Å². The van der Waals surface area contributed by atoms with Crippen molar-refractivity contribution in [3.05, 3.63) is 12.4 Å². The molecule has 2 rings (SSSR count). The Kier molecular flexibility index (Phi) is 4.01. The van der Waals surface area contributed by atoms with Gasteiger partial charge in [-0.2, -0.15) is 0 Å². The monoisotopic (exact) mass is 238 g/mol. The van der Waals surface area contributed by atoms with Crippen molar-refractivity contribution in [2.75, 3.05) is 24.2 Å². The lowest BCUT2D eigenvalue weighted by atomic mass is 10.3. The average molecular weight is 238 g/mol. The second-order valence-electron chi connectivity index (χ2n) is 3.99. The smallest absolute Gasteiger partial charge is 0.133 e. The summed E-state index contributed by atoms with van der Waals surface area (Å²) in [5, 5.41) is 1.03. The maximum absolute atomic E-state index is 5.57. The fraction of sp³-hybridized carbons (Fsp3) is 0.636. The number of nitrogens with two attached hydrogens (primary N) is 1. The maximum atomic E-state index is 5.57. The molecule has 1 aliphatic carbocycles. The normalized spacial score (nSPS) is 15.1. The second kappa shape index (κ2) is 5.50. The minimum absolute atomic E-state index is 0.677. The van der Waals surface area contributed by atoms with Crippen LogP contribution in [0.4, 0.5) is 5.82 Å². The van der Waals surface area contributed by atoms with Gasteiger partial charge in [-0.3, -0.25) is 0 Å². The molecule has 1 aromatic rings. The number of hydrogen-bond acceptors (Lipinski definition) is 5. The van der Waals surface area contributed by atoms with Crippen LogP contribution in [-0.4, -0.2) is 35.4 Å². The highest BCUT2D eigenvalue weighted by atomic mass is 32.2. The highest BCUT2D eigenvalue weighted by molar-refractivity contribution is 7.98. The van der Waals surface area contributed by atoms with Crippen LogP contribution in [-0.2, 0) is 0 Å². The lowest BCUT2D eigenvalue weighted by Gasteiger charge is -2.23. The van der Waals surface area contributed by atoms with E-state index in [1.807, 2.05) is 6.26 Å². The molecule has 0 aromatic carbocycles. The first kappa shape index (κ1) is 11.7. The van der Waals surface area contributed by atoms with E-state index in [4.69, 9.17) is 5.73 Å². The fourth-order valence-electron chi connectivity index (χ4n) is 1.73. The van der Waals surface area contributed by atoms with Crippen molar-refractivity contribution in [1.82, 2.24) is 9.97 Å². The predicted octanol–water partition coefficient (Wildman–Crippen LogP) is 1.52. The highest BCUT2D eigenvalue weighted by Crippen LogP contribution is 2.31. The summed E-state index contributed by atoms with van der Waals surface area (Å²) >= 11 is 1.65. The van der Waals surface area contributed by atoms with E-state index >= 15 is 0 Å². The molecular weight excluding hydrogens is 220 g/mol. The summed E-state index contributed by atoms with van der Waals surface area (Å²) in [6.45, 7) is 1.75. The van der Waals surface area contributed by atoms with Crippen molar-refractivity contribution in [3.63, 3.8) is 0 Å². The number of hydrogen-bond donors (Lipinski definition) is 1. The summed E-state index contributed by atoms with van der Waals surface area (Å²) < 4.78 is 0. The zero-order chi connectivity index (χ0) is 11.4. The van der Waals surface area contributed by atoms with Gasteiger partial charge in [-0.05, 0) is 32.1 Å². The van der Waals surface area contributed by atoms with Crippen LogP contribution in [0.3, 0.4) is 0 Å². The van der Waals surface area contributed by atoms with Crippen LogP contribution in [0.15, 0.2) is 17.4 Å². The topological polar surface area (TPSA) is 55.0 Å². The second-order valence-corrected chi connectivity index (χ2v) is 4.81. The summed E-state index contributed by atoms with van der Waals surface area (Å²) in [7, 11) is 0. The van der Waals surface area contributed by atoms with Crippen molar-refractivity contribution >= 4 is 17.6 Å². The molecule has 2 N–H and O–H groups in total. The predicted molar refractivity (Wildman–Crippen MR) is 67.9 cm³/mol. The van der Waals surface area contributed by atoms with Gasteiger partial charge in [0.1, 0.15) is 17.2 Å². The summed E-state index contributed by atoms with van der Waals surface area (Å²) in [6.07, 6.45) is 7.27. The molecule has 5 heteroatoms. The molecule has 1 aliphatic rings. The molecule has 0 amide bonds. The average Bonchev–Trinajstić information content (AvgIpc) is 3.14.